The lowest BCUT2D eigenvalue weighted by Crippen LogP contribution is -2.34. The number of rotatable bonds is 3. The van der Waals surface area contributed by atoms with E-state index in [-0.39, 0.29) is 0 Å². The molecule has 0 amide bonds. The molecule has 2 aromatic rings. The van der Waals surface area contributed by atoms with Crippen LogP contribution in [-0.4, -0.2) is 23.1 Å². The van der Waals surface area contributed by atoms with Crippen LogP contribution in [0.1, 0.15) is 20.8 Å². The van der Waals surface area contributed by atoms with Crippen molar-refractivity contribution in [3.8, 4) is 0 Å². The molecule has 0 radical (unpaired) electrons. The predicted octanol–water partition coefficient (Wildman–Crippen LogP) is 2.69. The Morgan fingerprint density at radius 1 is 1.11 bits per heavy atom. The maximum Gasteiger partial charge on any atom is 0.222 e. The minimum atomic E-state index is 0.325. The molecule has 0 aliphatic heterocycles. The first-order chi connectivity index (χ1) is 8.50. The monoisotopic (exact) mass is 244 g/mol. The molecule has 1 unspecified atom stereocenters. The van der Waals surface area contributed by atoms with E-state index in [9.17, 15) is 0 Å². The smallest absolute Gasteiger partial charge is 0.222 e. The summed E-state index contributed by atoms with van der Waals surface area (Å²) in [5, 5.41) is 1.04. The van der Waals surface area contributed by atoms with Gasteiger partial charge in [-0.2, -0.15) is 4.98 Å². The van der Waals surface area contributed by atoms with Crippen molar-refractivity contribution >= 4 is 22.7 Å². The molecule has 0 spiro atoms. The highest BCUT2D eigenvalue weighted by Crippen LogP contribution is 2.26. The van der Waals surface area contributed by atoms with Crippen LogP contribution in [-0.2, 0) is 0 Å². The van der Waals surface area contributed by atoms with E-state index >= 15 is 0 Å². The highest BCUT2D eigenvalue weighted by Gasteiger charge is 2.17. The molecule has 0 saturated heterocycles. The number of hydrogen-bond donors (Lipinski definition) is 1. The number of para-hydroxylation sites is 1. The topological polar surface area (TPSA) is 55.0 Å². The Kier molecular flexibility index (Phi) is 3.36. The van der Waals surface area contributed by atoms with Gasteiger partial charge >= 0.3 is 0 Å². The largest absolute Gasteiger partial charge is 0.368 e. The fraction of sp³-hybridized carbons (Fsp3) is 0.429. The van der Waals surface area contributed by atoms with E-state index < -0.39 is 0 Å². The molecule has 0 saturated carbocycles. The first kappa shape index (κ1) is 12.6. The highest BCUT2D eigenvalue weighted by molar-refractivity contribution is 5.90. The van der Waals surface area contributed by atoms with Gasteiger partial charge in [0.05, 0.1) is 5.52 Å². The van der Waals surface area contributed by atoms with Gasteiger partial charge in [-0.25, -0.2) is 4.98 Å². The standard InChI is InChI=1S/C14H20N4/c1-9(2)10(3)18(4)13-11-7-5-6-8-12(11)16-14(15)17-13/h5-10H,1-4H3,(H2,15,16,17). The highest BCUT2D eigenvalue weighted by atomic mass is 15.2. The van der Waals surface area contributed by atoms with E-state index in [4.69, 9.17) is 5.73 Å². The van der Waals surface area contributed by atoms with Crippen molar-refractivity contribution in [2.45, 2.75) is 26.8 Å². The van der Waals surface area contributed by atoms with E-state index in [1.54, 1.807) is 0 Å². The summed E-state index contributed by atoms with van der Waals surface area (Å²) >= 11 is 0. The van der Waals surface area contributed by atoms with Gasteiger partial charge in [0.2, 0.25) is 5.95 Å². The Balaban J connectivity index is 2.56. The van der Waals surface area contributed by atoms with Gasteiger partial charge in [-0.1, -0.05) is 26.0 Å². The van der Waals surface area contributed by atoms with Crippen molar-refractivity contribution in [3.63, 3.8) is 0 Å². The summed E-state index contributed by atoms with van der Waals surface area (Å²) in [7, 11) is 2.05. The van der Waals surface area contributed by atoms with Gasteiger partial charge in [-0.3, -0.25) is 0 Å². The molecule has 1 aromatic heterocycles. The van der Waals surface area contributed by atoms with Crippen molar-refractivity contribution in [1.82, 2.24) is 9.97 Å². The van der Waals surface area contributed by atoms with Crippen LogP contribution in [0.4, 0.5) is 11.8 Å². The van der Waals surface area contributed by atoms with Crippen LogP contribution in [0.5, 0.6) is 0 Å². The Hall–Kier alpha value is -1.84. The summed E-state index contributed by atoms with van der Waals surface area (Å²) in [4.78, 5) is 10.8. The third-order valence-electron chi connectivity index (χ3n) is 3.51. The third kappa shape index (κ3) is 2.23. The summed E-state index contributed by atoms with van der Waals surface area (Å²) < 4.78 is 0. The average Bonchev–Trinajstić information content (AvgIpc) is 2.35. The first-order valence-corrected chi connectivity index (χ1v) is 6.25. The Bertz CT molecular complexity index is 550. The molecule has 96 valence electrons. The van der Waals surface area contributed by atoms with Crippen molar-refractivity contribution in [3.05, 3.63) is 24.3 Å². The van der Waals surface area contributed by atoms with Crippen molar-refractivity contribution in [2.75, 3.05) is 17.7 Å². The molecule has 0 fully saturated rings. The van der Waals surface area contributed by atoms with E-state index in [0.29, 0.717) is 17.9 Å². The van der Waals surface area contributed by atoms with Gasteiger partial charge in [-0.15, -0.1) is 0 Å². The number of nitrogen functional groups attached to an aromatic ring is 1. The van der Waals surface area contributed by atoms with Gasteiger partial charge in [-0.05, 0) is 25.0 Å². The zero-order valence-corrected chi connectivity index (χ0v) is 11.4. The number of nitrogens with two attached hydrogens (primary N) is 1. The molecule has 1 aromatic carbocycles. The van der Waals surface area contributed by atoms with E-state index in [0.717, 1.165) is 16.7 Å². The Morgan fingerprint density at radius 3 is 2.44 bits per heavy atom. The van der Waals surface area contributed by atoms with E-state index in [1.165, 1.54) is 0 Å². The summed E-state index contributed by atoms with van der Waals surface area (Å²) in [6.07, 6.45) is 0. The molecule has 1 heterocycles. The maximum atomic E-state index is 5.79. The summed E-state index contributed by atoms with van der Waals surface area (Å²) in [5.74, 6) is 1.77. The van der Waals surface area contributed by atoms with Crippen molar-refractivity contribution < 1.29 is 0 Å². The molecule has 1 atom stereocenters. The molecule has 4 nitrogen and oxygen atoms in total. The summed E-state index contributed by atoms with van der Waals surface area (Å²) in [6.45, 7) is 6.60. The van der Waals surface area contributed by atoms with Crippen LogP contribution in [0.3, 0.4) is 0 Å². The van der Waals surface area contributed by atoms with Crippen LogP contribution in [0, 0.1) is 5.92 Å². The van der Waals surface area contributed by atoms with Crippen molar-refractivity contribution in [1.29, 1.82) is 0 Å². The minimum absolute atomic E-state index is 0.325. The van der Waals surface area contributed by atoms with Crippen LogP contribution in [0.2, 0.25) is 0 Å². The van der Waals surface area contributed by atoms with E-state index in [2.05, 4.69) is 42.7 Å². The molecule has 18 heavy (non-hydrogen) atoms. The van der Waals surface area contributed by atoms with Crippen LogP contribution in [0.25, 0.3) is 10.9 Å². The van der Waals surface area contributed by atoms with Gasteiger partial charge in [0.1, 0.15) is 5.82 Å². The lowest BCUT2D eigenvalue weighted by Gasteiger charge is -2.29. The second-order valence-electron chi connectivity index (χ2n) is 5.02. The Labute approximate surface area is 108 Å². The number of benzene rings is 1. The van der Waals surface area contributed by atoms with Crippen LogP contribution < -0.4 is 10.6 Å². The third-order valence-corrected chi connectivity index (χ3v) is 3.51. The molecular formula is C14H20N4. The van der Waals surface area contributed by atoms with Crippen molar-refractivity contribution in [2.24, 2.45) is 5.92 Å². The van der Waals surface area contributed by atoms with Gasteiger partial charge in [0.25, 0.3) is 0 Å². The minimum Gasteiger partial charge on any atom is -0.368 e. The lowest BCUT2D eigenvalue weighted by atomic mass is 10.0. The quantitative estimate of drug-likeness (QED) is 0.902. The number of anilines is 2. The molecule has 0 aliphatic rings. The molecule has 2 rings (SSSR count). The zero-order chi connectivity index (χ0) is 13.3. The fourth-order valence-corrected chi connectivity index (χ4v) is 1.99. The number of nitrogens with zero attached hydrogens (tertiary/aromatic N) is 3. The van der Waals surface area contributed by atoms with Crippen LogP contribution in [0.15, 0.2) is 24.3 Å². The molecule has 4 heteroatoms. The first-order valence-electron chi connectivity index (χ1n) is 6.25. The van der Waals surface area contributed by atoms with Crippen LogP contribution >= 0.6 is 0 Å². The second kappa shape index (κ2) is 4.80. The summed E-state index contributed by atoms with van der Waals surface area (Å²) in [6, 6.07) is 8.35. The maximum absolute atomic E-state index is 5.79. The average molecular weight is 244 g/mol. The Morgan fingerprint density at radius 2 is 1.78 bits per heavy atom. The predicted molar refractivity (Wildman–Crippen MR) is 76.7 cm³/mol. The van der Waals surface area contributed by atoms with Gasteiger partial charge < -0.3 is 10.6 Å². The fourth-order valence-electron chi connectivity index (χ4n) is 1.99. The lowest BCUT2D eigenvalue weighted by molar-refractivity contribution is 0.503. The van der Waals surface area contributed by atoms with Gasteiger partial charge in [0.15, 0.2) is 0 Å². The SMILES string of the molecule is CC(C)C(C)N(C)c1nc(N)nc2ccccc12. The number of hydrogen-bond acceptors (Lipinski definition) is 4. The second-order valence-corrected chi connectivity index (χ2v) is 5.02. The van der Waals surface area contributed by atoms with Gasteiger partial charge in [0, 0.05) is 18.5 Å². The molecule has 0 aliphatic carbocycles. The van der Waals surface area contributed by atoms with E-state index in [1.807, 2.05) is 24.3 Å². The molecule has 0 bridgehead atoms. The molecule has 2 N–H and O–H groups in total. The molecular weight excluding hydrogens is 224 g/mol. The summed E-state index contributed by atoms with van der Waals surface area (Å²) in [5.41, 5.74) is 6.68. The number of aromatic nitrogens is 2. The number of fused-ring (bicyclic) bond motifs is 1. The zero-order valence-electron chi connectivity index (χ0n) is 11.4. The normalized spacial score (nSPS) is 12.9.